The highest BCUT2D eigenvalue weighted by atomic mass is 16.5. The van der Waals surface area contributed by atoms with Gasteiger partial charge in [0.25, 0.3) is 0 Å². The topological polar surface area (TPSA) is 52.6 Å². The van der Waals surface area contributed by atoms with Crippen molar-refractivity contribution in [3.8, 4) is 11.5 Å². The lowest BCUT2D eigenvalue weighted by Crippen LogP contribution is -2.07. The van der Waals surface area contributed by atoms with Crippen LogP contribution in [-0.4, -0.2) is 11.9 Å². The van der Waals surface area contributed by atoms with Crippen LogP contribution in [0.3, 0.4) is 0 Å². The molecule has 0 fully saturated rings. The van der Waals surface area contributed by atoms with E-state index >= 15 is 0 Å². The van der Waals surface area contributed by atoms with Gasteiger partial charge in [-0.2, -0.15) is 0 Å². The van der Waals surface area contributed by atoms with Crippen LogP contribution in [0.15, 0.2) is 72.8 Å². The number of rotatable bonds is 6. The van der Waals surface area contributed by atoms with Gasteiger partial charge in [-0.25, -0.2) is 4.79 Å². The predicted octanol–water partition coefficient (Wildman–Crippen LogP) is 3.53. The van der Waals surface area contributed by atoms with Crippen LogP contribution >= 0.6 is 0 Å². The van der Waals surface area contributed by atoms with Gasteiger partial charge in [-0.15, -0.1) is 0 Å². The fraction of sp³-hybridized carbons (Fsp3) is 0.111. The molecule has 0 spiro atoms. The maximum Gasteiger partial charge on any atom is 0.335 e. The second kappa shape index (κ2) is 8.42. The van der Waals surface area contributed by atoms with Crippen LogP contribution in [0.1, 0.15) is 12.8 Å². The number of hydrogen-bond acceptors (Lipinski definition) is 4. The van der Waals surface area contributed by atoms with Crippen LogP contribution < -0.4 is 9.47 Å². The molecule has 0 unspecified atom stereocenters. The third-order valence-corrected chi connectivity index (χ3v) is 2.71. The van der Waals surface area contributed by atoms with Crippen LogP contribution in [0.25, 0.3) is 0 Å². The molecule has 2 aromatic carbocycles. The Morgan fingerprint density at radius 1 is 0.818 bits per heavy atom. The molecular weight excluding hydrogens is 280 g/mol. The second-order valence-electron chi connectivity index (χ2n) is 4.46. The largest absolute Gasteiger partial charge is 0.427 e. The molecule has 0 saturated carbocycles. The van der Waals surface area contributed by atoms with E-state index in [1.807, 2.05) is 12.1 Å². The molecule has 4 nitrogen and oxygen atoms in total. The number of benzene rings is 2. The Hall–Kier alpha value is -2.88. The van der Waals surface area contributed by atoms with Gasteiger partial charge in [0.05, 0.1) is 0 Å². The maximum absolute atomic E-state index is 11.6. The van der Waals surface area contributed by atoms with E-state index in [0.717, 1.165) is 0 Å². The Kier molecular flexibility index (Phi) is 5.93. The van der Waals surface area contributed by atoms with Gasteiger partial charge >= 0.3 is 11.9 Å². The maximum atomic E-state index is 11.6. The van der Waals surface area contributed by atoms with Gasteiger partial charge in [0.2, 0.25) is 0 Å². The molecule has 0 N–H and O–H groups in total. The summed E-state index contributed by atoms with van der Waals surface area (Å²) in [5, 5.41) is 0. The van der Waals surface area contributed by atoms with E-state index in [1.165, 1.54) is 6.08 Å². The van der Waals surface area contributed by atoms with Crippen LogP contribution in [0.2, 0.25) is 0 Å². The zero-order chi connectivity index (χ0) is 15.6. The average molecular weight is 296 g/mol. The number of allylic oxidation sites excluding steroid dienone is 1. The molecule has 4 heteroatoms. The van der Waals surface area contributed by atoms with E-state index in [1.54, 1.807) is 54.6 Å². The van der Waals surface area contributed by atoms with Gasteiger partial charge in [-0.05, 0) is 30.7 Å². The number of esters is 2. The third kappa shape index (κ3) is 5.63. The first kappa shape index (κ1) is 15.5. The molecule has 22 heavy (non-hydrogen) atoms. The number of ether oxygens (including phenoxy) is 2. The zero-order valence-electron chi connectivity index (χ0n) is 12.0. The minimum Gasteiger partial charge on any atom is -0.427 e. The quantitative estimate of drug-likeness (QED) is 0.465. The summed E-state index contributed by atoms with van der Waals surface area (Å²) in [5.41, 5.74) is 0. The van der Waals surface area contributed by atoms with Gasteiger partial charge < -0.3 is 9.47 Å². The molecular formula is C18H16O4. The molecule has 2 aromatic rings. The summed E-state index contributed by atoms with van der Waals surface area (Å²) in [5.74, 6) is 0.190. The molecule has 2 rings (SSSR count). The monoisotopic (exact) mass is 296 g/mol. The summed E-state index contributed by atoms with van der Waals surface area (Å²) in [7, 11) is 0. The van der Waals surface area contributed by atoms with E-state index in [4.69, 9.17) is 9.47 Å². The number of para-hydroxylation sites is 2. The molecule has 0 aliphatic carbocycles. The molecule has 0 amide bonds. The van der Waals surface area contributed by atoms with Gasteiger partial charge in [-0.3, -0.25) is 4.79 Å². The molecule has 0 bridgehead atoms. The van der Waals surface area contributed by atoms with Crippen molar-refractivity contribution in [2.45, 2.75) is 12.8 Å². The van der Waals surface area contributed by atoms with E-state index < -0.39 is 5.97 Å². The number of carbonyl (C=O) groups is 2. The lowest BCUT2D eigenvalue weighted by Gasteiger charge is -2.02. The van der Waals surface area contributed by atoms with Crippen molar-refractivity contribution in [1.82, 2.24) is 0 Å². The Labute approximate surface area is 129 Å². The van der Waals surface area contributed by atoms with E-state index in [-0.39, 0.29) is 12.4 Å². The highest BCUT2D eigenvalue weighted by Gasteiger charge is 2.03. The third-order valence-electron chi connectivity index (χ3n) is 2.71. The molecule has 0 radical (unpaired) electrons. The van der Waals surface area contributed by atoms with E-state index in [9.17, 15) is 9.59 Å². The molecule has 112 valence electrons. The van der Waals surface area contributed by atoms with Gasteiger partial charge in [0.1, 0.15) is 11.5 Å². The minimum atomic E-state index is -0.470. The fourth-order valence-electron chi connectivity index (χ4n) is 1.69. The Bertz CT molecular complexity index is 633. The second-order valence-corrected chi connectivity index (χ2v) is 4.46. The summed E-state index contributed by atoms with van der Waals surface area (Å²) >= 11 is 0. The molecule has 0 saturated heterocycles. The highest BCUT2D eigenvalue weighted by Crippen LogP contribution is 2.10. The first-order chi connectivity index (χ1) is 10.7. The van der Waals surface area contributed by atoms with E-state index in [2.05, 4.69) is 0 Å². The summed E-state index contributed by atoms with van der Waals surface area (Å²) in [4.78, 5) is 23.1. The van der Waals surface area contributed by atoms with Crippen LogP contribution in [0, 0.1) is 0 Å². The lowest BCUT2D eigenvalue weighted by molar-refractivity contribution is -0.134. The first-order valence-electron chi connectivity index (χ1n) is 6.93. The Morgan fingerprint density at radius 3 is 1.95 bits per heavy atom. The molecule has 0 atom stereocenters. The highest BCUT2D eigenvalue weighted by molar-refractivity contribution is 5.84. The van der Waals surface area contributed by atoms with Crippen molar-refractivity contribution in [1.29, 1.82) is 0 Å². The van der Waals surface area contributed by atoms with Gasteiger partial charge in [0.15, 0.2) is 0 Å². The van der Waals surface area contributed by atoms with Crippen LogP contribution in [-0.2, 0) is 9.59 Å². The van der Waals surface area contributed by atoms with E-state index in [0.29, 0.717) is 17.9 Å². The Morgan fingerprint density at radius 2 is 1.36 bits per heavy atom. The summed E-state index contributed by atoms with van der Waals surface area (Å²) in [6, 6.07) is 17.7. The first-order valence-corrected chi connectivity index (χ1v) is 6.93. The van der Waals surface area contributed by atoms with Crippen LogP contribution in [0.4, 0.5) is 0 Å². The molecule has 0 aliphatic heterocycles. The fourth-order valence-corrected chi connectivity index (χ4v) is 1.69. The normalized spacial score (nSPS) is 10.4. The summed E-state index contributed by atoms with van der Waals surface area (Å²) in [6.45, 7) is 0. The van der Waals surface area contributed by atoms with Crippen molar-refractivity contribution in [3.05, 3.63) is 72.8 Å². The van der Waals surface area contributed by atoms with Crippen LogP contribution in [0.5, 0.6) is 11.5 Å². The SMILES string of the molecule is O=C(C=CCCC(=O)Oc1ccccc1)Oc1ccccc1. The summed E-state index contributed by atoms with van der Waals surface area (Å²) < 4.78 is 10.2. The van der Waals surface area contributed by atoms with Crippen molar-refractivity contribution in [2.75, 3.05) is 0 Å². The standard InChI is InChI=1S/C18H16O4/c19-17(21-15-9-3-1-4-10-15)13-7-8-14-18(20)22-16-11-5-2-6-12-16/h1-7,9-13H,8,14H2. The predicted molar refractivity (Wildman–Crippen MR) is 82.5 cm³/mol. The van der Waals surface area contributed by atoms with Gasteiger partial charge in [0, 0.05) is 12.5 Å². The van der Waals surface area contributed by atoms with Gasteiger partial charge in [-0.1, -0.05) is 42.5 Å². The van der Waals surface area contributed by atoms with Crippen molar-refractivity contribution in [3.63, 3.8) is 0 Å². The molecule has 0 heterocycles. The summed E-state index contributed by atoms with van der Waals surface area (Å²) in [6.07, 6.45) is 3.51. The van der Waals surface area contributed by atoms with Crippen molar-refractivity contribution in [2.24, 2.45) is 0 Å². The zero-order valence-corrected chi connectivity index (χ0v) is 12.0. The smallest absolute Gasteiger partial charge is 0.335 e. The lowest BCUT2D eigenvalue weighted by atomic mass is 10.3. The number of hydrogen-bond donors (Lipinski definition) is 0. The molecule has 0 aliphatic rings. The average Bonchev–Trinajstić information content (AvgIpc) is 2.53. The molecule has 0 aromatic heterocycles. The van der Waals surface area contributed by atoms with Crippen molar-refractivity contribution < 1.29 is 19.1 Å². The number of carbonyl (C=O) groups excluding carboxylic acids is 2. The Balaban J connectivity index is 1.69. The minimum absolute atomic E-state index is 0.198. The van der Waals surface area contributed by atoms with Crippen molar-refractivity contribution >= 4 is 11.9 Å².